The van der Waals surface area contributed by atoms with Gasteiger partial charge in [0.1, 0.15) is 0 Å². The molecule has 0 bridgehead atoms. The summed E-state index contributed by atoms with van der Waals surface area (Å²) in [6.07, 6.45) is 2.84. The van der Waals surface area contributed by atoms with E-state index in [1.807, 2.05) is 12.1 Å². The third-order valence-corrected chi connectivity index (χ3v) is 8.04. The van der Waals surface area contributed by atoms with Crippen LogP contribution in [0.3, 0.4) is 0 Å². The average Bonchev–Trinajstić information content (AvgIpc) is 3.03. The SMILES string of the molecule is CCOC(=O)Cc1ccc(C2CC(C)CCC(C(C)CCC(C)C)C2)c(-c2ccc(C(F)(F)F)cc2)c1. The second-order valence-electron chi connectivity index (χ2n) is 11.5. The summed E-state index contributed by atoms with van der Waals surface area (Å²) in [4.78, 5) is 12.2. The van der Waals surface area contributed by atoms with E-state index >= 15 is 0 Å². The first-order chi connectivity index (χ1) is 17.5. The van der Waals surface area contributed by atoms with Gasteiger partial charge < -0.3 is 4.74 Å². The van der Waals surface area contributed by atoms with Gasteiger partial charge in [-0.1, -0.05) is 77.3 Å². The summed E-state index contributed by atoms with van der Waals surface area (Å²) in [5.41, 5.74) is 3.05. The zero-order chi connectivity index (χ0) is 27.2. The van der Waals surface area contributed by atoms with Crippen molar-refractivity contribution in [3.8, 4) is 11.1 Å². The molecule has 1 saturated carbocycles. The van der Waals surface area contributed by atoms with Crippen LogP contribution in [0.15, 0.2) is 42.5 Å². The van der Waals surface area contributed by atoms with Gasteiger partial charge in [-0.2, -0.15) is 13.2 Å². The van der Waals surface area contributed by atoms with Gasteiger partial charge in [0.05, 0.1) is 18.6 Å². The van der Waals surface area contributed by atoms with Crippen LogP contribution in [0.25, 0.3) is 11.1 Å². The number of carbonyl (C=O) groups is 1. The zero-order valence-corrected chi connectivity index (χ0v) is 23.0. The van der Waals surface area contributed by atoms with Crippen molar-refractivity contribution in [1.82, 2.24) is 0 Å². The van der Waals surface area contributed by atoms with Crippen LogP contribution >= 0.6 is 0 Å². The van der Waals surface area contributed by atoms with Gasteiger partial charge in [-0.3, -0.25) is 4.79 Å². The molecule has 1 fully saturated rings. The van der Waals surface area contributed by atoms with Gasteiger partial charge in [0.15, 0.2) is 0 Å². The van der Waals surface area contributed by atoms with Crippen LogP contribution in [0.1, 0.15) is 95.8 Å². The van der Waals surface area contributed by atoms with Crippen LogP contribution in [-0.2, 0) is 22.1 Å². The van der Waals surface area contributed by atoms with Gasteiger partial charge in [-0.15, -0.1) is 0 Å². The van der Waals surface area contributed by atoms with E-state index in [1.165, 1.54) is 31.2 Å². The number of rotatable bonds is 9. The predicted molar refractivity (Wildman–Crippen MR) is 144 cm³/mol. The van der Waals surface area contributed by atoms with Crippen LogP contribution in [0.4, 0.5) is 13.2 Å². The van der Waals surface area contributed by atoms with Crippen molar-refractivity contribution in [3.05, 3.63) is 59.2 Å². The molecule has 0 amide bonds. The molecule has 0 radical (unpaired) electrons. The van der Waals surface area contributed by atoms with E-state index in [-0.39, 0.29) is 12.4 Å². The van der Waals surface area contributed by atoms with Crippen molar-refractivity contribution in [3.63, 3.8) is 0 Å². The standard InChI is InChI=1S/C32H43F3O2/c1-6-37-31(36)19-24-10-16-29(30(18-24)25-12-14-28(15-13-25)32(33,34)35)27-17-22(4)8-11-26(20-27)23(5)9-7-21(2)3/h10,12-16,18,21-23,26-27H,6-9,11,17,19-20H2,1-5H3. The lowest BCUT2D eigenvalue weighted by Crippen LogP contribution is -2.15. The van der Waals surface area contributed by atoms with Crippen molar-refractivity contribution in [2.45, 2.75) is 91.7 Å². The van der Waals surface area contributed by atoms with Crippen LogP contribution in [0.5, 0.6) is 0 Å². The van der Waals surface area contributed by atoms with Gasteiger partial charge in [0.2, 0.25) is 0 Å². The Morgan fingerprint density at radius 1 is 1.00 bits per heavy atom. The highest BCUT2D eigenvalue weighted by Crippen LogP contribution is 2.44. The maximum absolute atomic E-state index is 13.2. The summed E-state index contributed by atoms with van der Waals surface area (Å²) in [6.45, 7) is 11.4. The Balaban J connectivity index is 1.98. The highest BCUT2D eigenvalue weighted by Gasteiger charge is 2.31. The lowest BCUT2D eigenvalue weighted by Gasteiger charge is -2.28. The topological polar surface area (TPSA) is 26.3 Å². The number of ether oxygens (including phenoxy) is 1. The molecule has 4 atom stereocenters. The van der Waals surface area contributed by atoms with E-state index in [1.54, 1.807) is 19.1 Å². The molecular weight excluding hydrogens is 473 g/mol. The van der Waals surface area contributed by atoms with Crippen molar-refractivity contribution in [2.75, 3.05) is 6.61 Å². The van der Waals surface area contributed by atoms with Crippen LogP contribution in [-0.4, -0.2) is 12.6 Å². The van der Waals surface area contributed by atoms with E-state index in [0.717, 1.165) is 41.7 Å². The van der Waals surface area contributed by atoms with Gasteiger partial charge in [-0.05, 0) is 90.2 Å². The number of benzene rings is 2. The van der Waals surface area contributed by atoms with Crippen LogP contribution < -0.4 is 0 Å². The number of carbonyl (C=O) groups excluding carboxylic acids is 1. The first-order valence-corrected chi connectivity index (χ1v) is 13.9. The second-order valence-corrected chi connectivity index (χ2v) is 11.5. The Kier molecular flexibility index (Phi) is 10.3. The quantitative estimate of drug-likeness (QED) is 0.245. The molecule has 0 heterocycles. The van der Waals surface area contributed by atoms with E-state index in [2.05, 4.69) is 33.8 Å². The number of esters is 1. The second kappa shape index (κ2) is 13.0. The molecule has 0 aromatic heterocycles. The number of alkyl halides is 3. The van der Waals surface area contributed by atoms with Crippen LogP contribution in [0, 0.1) is 23.7 Å². The molecule has 2 aromatic carbocycles. The minimum atomic E-state index is -4.37. The first-order valence-electron chi connectivity index (χ1n) is 13.9. The fourth-order valence-electron chi connectivity index (χ4n) is 5.82. The van der Waals surface area contributed by atoms with Gasteiger partial charge in [-0.25, -0.2) is 0 Å². The molecule has 204 valence electrons. The van der Waals surface area contributed by atoms with Crippen molar-refractivity contribution >= 4 is 5.97 Å². The van der Waals surface area contributed by atoms with E-state index < -0.39 is 11.7 Å². The molecule has 0 saturated heterocycles. The molecule has 0 aliphatic heterocycles. The maximum Gasteiger partial charge on any atom is 0.416 e. The van der Waals surface area contributed by atoms with Crippen molar-refractivity contribution in [1.29, 1.82) is 0 Å². The summed E-state index contributed by atoms with van der Waals surface area (Å²) in [5.74, 6) is 2.60. The molecule has 1 aliphatic rings. The summed E-state index contributed by atoms with van der Waals surface area (Å²) in [5, 5.41) is 0. The van der Waals surface area contributed by atoms with Gasteiger partial charge in [0.25, 0.3) is 0 Å². The summed E-state index contributed by atoms with van der Waals surface area (Å²) >= 11 is 0. The minimum absolute atomic E-state index is 0.150. The summed E-state index contributed by atoms with van der Waals surface area (Å²) < 4.78 is 44.9. The average molecular weight is 517 g/mol. The molecule has 0 N–H and O–H groups in total. The molecule has 3 rings (SSSR count). The molecule has 37 heavy (non-hydrogen) atoms. The Morgan fingerprint density at radius 3 is 2.32 bits per heavy atom. The molecular formula is C32H43F3O2. The first kappa shape index (κ1) is 29.3. The third-order valence-electron chi connectivity index (χ3n) is 8.04. The molecule has 2 nitrogen and oxygen atoms in total. The lowest BCUT2D eigenvalue weighted by molar-refractivity contribution is -0.142. The Hall–Kier alpha value is -2.30. The fourth-order valence-corrected chi connectivity index (χ4v) is 5.82. The predicted octanol–water partition coefficient (Wildman–Crippen LogP) is 9.46. The molecule has 4 unspecified atom stereocenters. The Bertz CT molecular complexity index is 1010. The normalized spacial score (nSPS) is 21.5. The zero-order valence-electron chi connectivity index (χ0n) is 23.0. The molecule has 1 aliphatic carbocycles. The highest BCUT2D eigenvalue weighted by atomic mass is 19.4. The van der Waals surface area contributed by atoms with E-state index in [4.69, 9.17) is 4.74 Å². The number of halogens is 3. The molecule has 5 heteroatoms. The largest absolute Gasteiger partial charge is 0.466 e. The van der Waals surface area contributed by atoms with Gasteiger partial charge in [0, 0.05) is 0 Å². The smallest absolute Gasteiger partial charge is 0.416 e. The highest BCUT2D eigenvalue weighted by molar-refractivity contribution is 5.75. The van der Waals surface area contributed by atoms with Gasteiger partial charge >= 0.3 is 12.1 Å². The monoisotopic (exact) mass is 516 g/mol. The van der Waals surface area contributed by atoms with Crippen molar-refractivity contribution < 1.29 is 22.7 Å². The Morgan fingerprint density at radius 2 is 1.70 bits per heavy atom. The minimum Gasteiger partial charge on any atom is -0.466 e. The molecule has 2 aromatic rings. The lowest BCUT2D eigenvalue weighted by atomic mass is 9.77. The fraction of sp³-hybridized carbons (Fsp3) is 0.594. The number of hydrogen-bond donors (Lipinski definition) is 0. The Labute approximate surface area is 221 Å². The van der Waals surface area contributed by atoms with E-state index in [9.17, 15) is 18.0 Å². The molecule has 0 spiro atoms. The maximum atomic E-state index is 13.2. The van der Waals surface area contributed by atoms with Crippen LogP contribution in [0.2, 0.25) is 0 Å². The summed E-state index contributed by atoms with van der Waals surface area (Å²) in [7, 11) is 0. The number of hydrogen-bond acceptors (Lipinski definition) is 2. The third kappa shape index (κ3) is 8.35. The van der Waals surface area contributed by atoms with E-state index in [0.29, 0.717) is 36.2 Å². The summed E-state index contributed by atoms with van der Waals surface area (Å²) in [6, 6.07) is 11.5. The van der Waals surface area contributed by atoms with Crippen molar-refractivity contribution in [2.24, 2.45) is 23.7 Å².